The number of carbonyl (C=O) groups excluding carboxylic acids is 1. The standard InChI is InChI=1S/C19H36O3/c1-3-4-5-6-7-8-9-10-12-17-15-16-18(22-17)13-11-14-19(20)21-2/h17-18H,3-16H2,1-2H3/t17-,18-/m0/s1. The van der Waals surface area contributed by atoms with Crippen molar-refractivity contribution in [3.05, 3.63) is 0 Å². The van der Waals surface area contributed by atoms with Crippen molar-refractivity contribution in [1.82, 2.24) is 0 Å². The van der Waals surface area contributed by atoms with Gasteiger partial charge in [0, 0.05) is 6.42 Å². The number of rotatable bonds is 13. The average Bonchev–Trinajstić information content (AvgIpc) is 2.97. The summed E-state index contributed by atoms with van der Waals surface area (Å²) in [5.41, 5.74) is 0. The van der Waals surface area contributed by atoms with E-state index >= 15 is 0 Å². The third kappa shape index (κ3) is 9.45. The van der Waals surface area contributed by atoms with Gasteiger partial charge in [-0.3, -0.25) is 4.79 Å². The molecule has 0 unspecified atom stereocenters. The number of unbranched alkanes of at least 4 members (excludes halogenated alkanes) is 7. The lowest BCUT2D eigenvalue weighted by Gasteiger charge is -2.13. The van der Waals surface area contributed by atoms with Gasteiger partial charge in [-0.2, -0.15) is 0 Å². The van der Waals surface area contributed by atoms with Crippen molar-refractivity contribution in [3.8, 4) is 0 Å². The number of carbonyl (C=O) groups is 1. The van der Waals surface area contributed by atoms with Crippen LogP contribution in [0.15, 0.2) is 0 Å². The van der Waals surface area contributed by atoms with Crippen LogP contribution >= 0.6 is 0 Å². The minimum absolute atomic E-state index is 0.103. The second kappa shape index (κ2) is 12.9. The normalized spacial score (nSPS) is 21.2. The van der Waals surface area contributed by atoms with Crippen LogP contribution < -0.4 is 0 Å². The van der Waals surface area contributed by atoms with Crippen LogP contribution in [0.5, 0.6) is 0 Å². The van der Waals surface area contributed by atoms with Crippen molar-refractivity contribution in [1.29, 1.82) is 0 Å². The Kier molecular flexibility index (Phi) is 11.4. The molecule has 0 aromatic carbocycles. The minimum Gasteiger partial charge on any atom is -0.469 e. The Balaban J connectivity index is 1.90. The molecule has 0 N–H and O–H groups in total. The molecule has 130 valence electrons. The van der Waals surface area contributed by atoms with E-state index in [9.17, 15) is 4.79 Å². The highest BCUT2D eigenvalue weighted by Crippen LogP contribution is 2.27. The van der Waals surface area contributed by atoms with Gasteiger partial charge in [-0.05, 0) is 32.1 Å². The first kappa shape index (κ1) is 19.5. The third-order valence-corrected chi connectivity index (χ3v) is 4.71. The van der Waals surface area contributed by atoms with Crippen molar-refractivity contribution >= 4 is 5.97 Å². The summed E-state index contributed by atoms with van der Waals surface area (Å²) in [7, 11) is 1.45. The topological polar surface area (TPSA) is 35.5 Å². The average molecular weight is 312 g/mol. The summed E-state index contributed by atoms with van der Waals surface area (Å²) in [6, 6.07) is 0. The molecule has 2 atom stereocenters. The van der Waals surface area contributed by atoms with Gasteiger partial charge in [0.25, 0.3) is 0 Å². The molecule has 1 heterocycles. The Morgan fingerprint density at radius 2 is 1.45 bits per heavy atom. The number of esters is 1. The van der Waals surface area contributed by atoms with E-state index in [0.717, 1.165) is 12.8 Å². The van der Waals surface area contributed by atoms with Crippen LogP contribution in [0.3, 0.4) is 0 Å². The molecule has 0 spiro atoms. The monoisotopic (exact) mass is 312 g/mol. The van der Waals surface area contributed by atoms with Gasteiger partial charge >= 0.3 is 5.97 Å². The zero-order valence-electron chi connectivity index (χ0n) is 14.8. The Hall–Kier alpha value is -0.570. The largest absolute Gasteiger partial charge is 0.469 e. The quantitative estimate of drug-likeness (QED) is 0.337. The van der Waals surface area contributed by atoms with Gasteiger partial charge in [0.2, 0.25) is 0 Å². The predicted molar refractivity (Wildman–Crippen MR) is 91.0 cm³/mol. The van der Waals surface area contributed by atoms with E-state index in [0.29, 0.717) is 18.6 Å². The fraction of sp³-hybridized carbons (Fsp3) is 0.947. The van der Waals surface area contributed by atoms with Crippen LogP contribution in [0.4, 0.5) is 0 Å². The number of hydrogen-bond donors (Lipinski definition) is 0. The van der Waals surface area contributed by atoms with Gasteiger partial charge in [-0.1, -0.05) is 58.3 Å². The van der Waals surface area contributed by atoms with E-state index in [4.69, 9.17) is 4.74 Å². The zero-order chi connectivity index (χ0) is 16.0. The summed E-state index contributed by atoms with van der Waals surface area (Å²) < 4.78 is 10.7. The van der Waals surface area contributed by atoms with E-state index < -0.39 is 0 Å². The molecule has 1 saturated heterocycles. The van der Waals surface area contributed by atoms with Crippen molar-refractivity contribution in [2.75, 3.05) is 7.11 Å². The fourth-order valence-electron chi connectivity index (χ4n) is 3.29. The van der Waals surface area contributed by atoms with Crippen LogP contribution in [0.2, 0.25) is 0 Å². The molecule has 1 rings (SSSR count). The first-order valence-electron chi connectivity index (χ1n) is 9.48. The van der Waals surface area contributed by atoms with E-state index in [1.165, 1.54) is 77.7 Å². The van der Waals surface area contributed by atoms with Crippen molar-refractivity contribution in [3.63, 3.8) is 0 Å². The molecule has 0 radical (unpaired) electrons. The van der Waals surface area contributed by atoms with E-state index in [2.05, 4.69) is 11.7 Å². The lowest BCUT2D eigenvalue weighted by molar-refractivity contribution is -0.140. The highest BCUT2D eigenvalue weighted by Gasteiger charge is 2.24. The SMILES string of the molecule is CCCCCCCCCC[C@H]1CC[C@H](CCCC(=O)OC)O1. The van der Waals surface area contributed by atoms with Crippen LogP contribution in [0.1, 0.15) is 96.8 Å². The van der Waals surface area contributed by atoms with E-state index in [1.54, 1.807) is 0 Å². The Labute approximate surface area is 137 Å². The van der Waals surface area contributed by atoms with E-state index in [-0.39, 0.29) is 5.97 Å². The molecule has 0 aliphatic carbocycles. The van der Waals surface area contributed by atoms with Gasteiger partial charge in [0.05, 0.1) is 19.3 Å². The molecule has 22 heavy (non-hydrogen) atoms. The summed E-state index contributed by atoms with van der Waals surface area (Å²) in [4.78, 5) is 11.1. The van der Waals surface area contributed by atoms with Crippen LogP contribution in [-0.2, 0) is 14.3 Å². The molecule has 0 aromatic heterocycles. The van der Waals surface area contributed by atoms with Crippen molar-refractivity contribution in [2.45, 2.75) is 109 Å². The molecular formula is C19H36O3. The maximum absolute atomic E-state index is 11.1. The molecule has 1 fully saturated rings. The zero-order valence-corrected chi connectivity index (χ0v) is 14.8. The minimum atomic E-state index is -0.103. The molecular weight excluding hydrogens is 276 g/mol. The highest BCUT2D eigenvalue weighted by molar-refractivity contribution is 5.68. The van der Waals surface area contributed by atoms with Crippen LogP contribution in [-0.4, -0.2) is 25.3 Å². The van der Waals surface area contributed by atoms with E-state index in [1.807, 2.05) is 0 Å². The fourth-order valence-corrected chi connectivity index (χ4v) is 3.29. The predicted octanol–water partition coefficient (Wildman–Crippen LogP) is 5.41. The Morgan fingerprint density at radius 3 is 2.05 bits per heavy atom. The maximum Gasteiger partial charge on any atom is 0.305 e. The van der Waals surface area contributed by atoms with Gasteiger partial charge in [0.15, 0.2) is 0 Å². The number of methoxy groups -OCH3 is 1. The van der Waals surface area contributed by atoms with Gasteiger partial charge < -0.3 is 9.47 Å². The first-order chi connectivity index (χ1) is 10.8. The van der Waals surface area contributed by atoms with Crippen molar-refractivity contribution < 1.29 is 14.3 Å². The summed E-state index contributed by atoms with van der Waals surface area (Å²) in [5.74, 6) is -0.103. The Morgan fingerprint density at radius 1 is 0.909 bits per heavy atom. The molecule has 0 aromatic rings. The second-order valence-electron chi connectivity index (χ2n) is 6.69. The summed E-state index contributed by atoms with van der Waals surface area (Å²) in [6.07, 6.45) is 17.9. The summed E-state index contributed by atoms with van der Waals surface area (Å²) in [5, 5.41) is 0. The lowest BCUT2D eigenvalue weighted by atomic mass is 10.0. The summed E-state index contributed by atoms with van der Waals surface area (Å²) >= 11 is 0. The molecule has 1 aliphatic heterocycles. The van der Waals surface area contributed by atoms with Gasteiger partial charge in [-0.25, -0.2) is 0 Å². The summed E-state index contributed by atoms with van der Waals surface area (Å²) in [6.45, 7) is 2.27. The highest BCUT2D eigenvalue weighted by atomic mass is 16.5. The molecule has 3 nitrogen and oxygen atoms in total. The van der Waals surface area contributed by atoms with Crippen molar-refractivity contribution in [2.24, 2.45) is 0 Å². The lowest BCUT2D eigenvalue weighted by Crippen LogP contribution is -2.11. The molecule has 0 amide bonds. The Bertz CT molecular complexity index is 278. The number of hydrogen-bond acceptors (Lipinski definition) is 3. The van der Waals surface area contributed by atoms with Gasteiger partial charge in [0.1, 0.15) is 0 Å². The molecule has 3 heteroatoms. The second-order valence-corrected chi connectivity index (χ2v) is 6.69. The molecule has 1 aliphatic rings. The van der Waals surface area contributed by atoms with Gasteiger partial charge in [-0.15, -0.1) is 0 Å². The molecule has 0 bridgehead atoms. The van der Waals surface area contributed by atoms with Crippen LogP contribution in [0, 0.1) is 0 Å². The first-order valence-corrected chi connectivity index (χ1v) is 9.48. The smallest absolute Gasteiger partial charge is 0.305 e. The molecule has 0 saturated carbocycles. The number of ether oxygens (including phenoxy) is 2. The third-order valence-electron chi connectivity index (χ3n) is 4.71. The van der Waals surface area contributed by atoms with Crippen LogP contribution in [0.25, 0.3) is 0 Å². The maximum atomic E-state index is 11.1.